The lowest BCUT2D eigenvalue weighted by Gasteiger charge is -2.28. The fraction of sp³-hybridized carbons (Fsp3) is 0.529. The summed E-state index contributed by atoms with van der Waals surface area (Å²) in [5, 5.41) is 8.77. The van der Waals surface area contributed by atoms with Gasteiger partial charge >= 0.3 is 0 Å². The standard InChI is InChI=1S/C17H21NO3S/c1-10(17(20)18-21)11-6-7-14-15(8-11)22-9-12-4-2-3-5-13(12)16(14)19/h6-8,10,12-13,21H,2-5,9H2,1H3,(H,18,20)/t10?,12-,13+/m0/s1. The van der Waals surface area contributed by atoms with E-state index in [1.54, 1.807) is 24.2 Å². The Morgan fingerprint density at radius 1 is 1.36 bits per heavy atom. The zero-order valence-electron chi connectivity index (χ0n) is 12.7. The maximum Gasteiger partial charge on any atom is 0.250 e. The van der Waals surface area contributed by atoms with Crippen LogP contribution < -0.4 is 5.48 Å². The summed E-state index contributed by atoms with van der Waals surface area (Å²) < 4.78 is 0. The lowest BCUT2D eigenvalue weighted by Crippen LogP contribution is -2.27. The number of amides is 1. The molecule has 1 unspecified atom stereocenters. The van der Waals surface area contributed by atoms with Gasteiger partial charge < -0.3 is 0 Å². The molecule has 2 aliphatic rings. The maximum atomic E-state index is 12.8. The summed E-state index contributed by atoms with van der Waals surface area (Å²) in [4.78, 5) is 25.4. The molecule has 4 nitrogen and oxygen atoms in total. The van der Waals surface area contributed by atoms with E-state index < -0.39 is 11.8 Å². The van der Waals surface area contributed by atoms with Crippen LogP contribution in [0.4, 0.5) is 0 Å². The monoisotopic (exact) mass is 319 g/mol. The smallest absolute Gasteiger partial charge is 0.250 e. The van der Waals surface area contributed by atoms with E-state index in [1.807, 2.05) is 18.2 Å². The molecule has 1 amide bonds. The molecule has 0 bridgehead atoms. The van der Waals surface area contributed by atoms with Gasteiger partial charge in [-0.15, -0.1) is 11.8 Å². The molecule has 2 N–H and O–H groups in total. The maximum absolute atomic E-state index is 12.8. The van der Waals surface area contributed by atoms with Gasteiger partial charge in [0.05, 0.1) is 5.92 Å². The van der Waals surface area contributed by atoms with Gasteiger partial charge in [-0.05, 0) is 43.4 Å². The molecule has 0 spiro atoms. The van der Waals surface area contributed by atoms with Crippen molar-refractivity contribution in [2.75, 3.05) is 5.75 Å². The summed E-state index contributed by atoms with van der Waals surface area (Å²) in [7, 11) is 0. The average Bonchev–Trinajstić information content (AvgIpc) is 2.71. The zero-order chi connectivity index (χ0) is 15.7. The molecule has 1 aliphatic heterocycles. The Balaban J connectivity index is 1.92. The van der Waals surface area contributed by atoms with Crippen molar-refractivity contribution in [1.82, 2.24) is 5.48 Å². The van der Waals surface area contributed by atoms with Gasteiger partial charge in [0, 0.05) is 22.1 Å². The number of benzene rings is 1. The third-order valence-corrected chi connectivity index (χ3v) is 6.22. The molecule has 1 heterocycles. The summed E-state index contributed by atoms with van der Waals surface area (Å²) >= 11 is 1.73. The number of Topliss-reactive ketones (excluding diaryl/α,β-unsaturated/α-hetero) is 1. The highest BCUT2D eigenvalue weighted by Crippen LogP contribution is 2.42. The van der Waals surface area contributed by atoms with Gasteiger partial charge in [0.15, 0.2) is 5.78 Å². The predicted molar refractivity (Wildman–Crippen MR) is 85.3 cm³/mol. The van der Waals surface area contributed by atoms with Crippen molar-refractivity contribution in [2.45, 2.75) is 43.4 Å². The van der Waals surface area contributed by atoms with Crippen molar-refractivity contribution in [3.8, 4) is 0 Å². The van der Waals surface area contributed by atoms with E-state index in [-0.39, 0.29) is 11.7 Å². The number of nitrogens with one attached hydrogen (secondary N) is 1. The number of carbonyl (C=O) groups is 2. The van der Waals surface area contributed by atoms with E-state index in [0.29, 0.717) is 5.92 Å². The Bertz CT molecular complexity index is 602. The molecule has 1 fully saturated rings. The van der Waals surface area contributed by atoms with Gasteiger partial charge in [-0.1, -0.05) is 18.9 Å². The molecule has 0 saturated heterocycles. The SMILES string of the molecule is CC(C(=O)NO)c1ccc2c(c1)SC[C@@H]1CCCC[C@H]1C2=O. The van der Waals surface area contributed by atoms with Crippen molar-refractivity contribution in [2.24, 2.45) is 11.8 Å². The van der Waals surface area contributed by atoms with Crippen molar-refractivity contribution in [1.29, 1.82) is 0 Å². The lowest BCUT2D eigenvalue weighted by atomic mass is 9.76. The van der Waals surface area contributed by atoms with Gasteiger partial charge in [0.1, 0.15) is 0 Å². The van der Waals surface area contributed by atoms with Crippen molar-refractivity contribution in [3.63, 3.8) is 0 Å². The van der Waals surface area contributed by atoms with Crippen LogP contribution in [0.1, 0.15) is 54.4 Å². The first kappa shape index (κ1) is 15.6. The Kier molecular flexibility index (Phi) is 4.54. The molecule has 5 heteroatoms. The molecular formula is C17H21NO3S. The van der Waals surface area contributed by atoms with E-state index in [2.05, 4.69) is 0 Å². The number of ketones is 1. The van der Waals surface area contributed by atoms with E-state index in [4.69, 9.17) is 5.21 Å². The number of carbonyl (C=O) groups excluding carboxylic acids is 2. The molecule has 0 radical (unpaired) electrons. The number of thioether (sulfide) groups is 1. The highest BCUT2D eigenvalue weighted by molar-refractivity contribution is 7.99. The summed E-state index contributed by atoms with van der Waals surface area (Å²) in [6, 6.07) is 5.63. The minimum atomic E-state index is -0.434. The van der Waals surface area contributed by atoms with Gasteiger partial charge in [0.25, 0.3) is 5.91 Å². The van der Waals surface area contributed by atoms with Crippen molar-refractivity contribution in [3.05, 3.63) is 29.3 Å². The highest BCUT2D eigenvalue weighted by atomic mass is 32.2. The van der Waals surface area contributed by atoms with Crippen LogP contribution in [0.5, 0.6) is 0 Å². The third-order valence-electron chi connectivity index (χ3n) is 4.97. The lowest BCUT2D eigenvalue weighted by molar-refractivity contribution is -0.130. The topological polar surface area (TPSA) is 66.4 Å². The summed E-state index contributed by atoms with van der Waals surface area (Å²) in [6.45, 7) is 1.75. The summed E-state index contributed by atoms with van der Waals surface area (Å²) in [5.74, 6) is 1.05. The van der Waals surface area contributed by atoms with Crippen molar-refractivity contribution >= 4 is 23.5 Å². The van der Waals surface area contributed by atoms with Gasteiger partial charge in [-0.25, -0.2) is 5.48 Å². The second-order valence-corrected chi connectivity index (χ2v) is 7.34. The molecule has 3 atom stereocenters. The number of rotatable bonds is 2. The summed E-state index contributed by atoms with van der Waals surface area (Å²) in [5.41, 5.74) is 3.33. The minimum absolute atomic E-state index is 0.173. The van der Waals surface area contributed by atoms with E-state index in [1.165, 1.54) is 6.42 Å². The van der Waals surface area contributed by atoms with Crippen LogP contribution in [0.25, 0.3) is 0 Å². The first-order valence-electron chi connectivity index (χ1n) is 7.86. The zero-order valence-corrected chi connectivity index (χ0v) is 13.5. The van der Waals surface area contributed by atoms with Crippen LogP contribution >= 0.6 is 11.8 Å². The quantitative estimate of drug-likeness (QED) is 0.648. The number of hydrogen-bond donors (Lipinski definition) is 2. The third kappa shape index (κ3) is 2.79. The van der Waals surface area contributed by atoms with Gasteiger partial charge in [0.2, 0.25) is 0 Å². The van der Waals surface area contributed by atoms with E-state index in [9.17, 15) is 9.59 Å². The Morgan fingerprint density at radius 3 is 2.91 bits per heavy atom. The molecule has 118 valence electrons. The normalized spacial score (nSPS) is 25.6. The second kappa shape index (κ2) is 6.42. The summed E-state index contributed by atoms with van der Waals surface area (Å²) in [6.07, 6.45) is 4.53. The van der Waals surface area contributed by atoms with Crippen LogP contribution in [-0.2, 0) is 4.79 Å². The van der Waals surface area contributed by atoms with Crippen LogP contribution in [-0.4, -0.2) is 22.7 Å². The molecule has 22 heavy (non-hydrogen) atoms. The minimum Gasteiger partial charge on any atom is -0.294 e. The van der Waals surface area contributed by atoms with Crippen LogP contribution in [0, 0.1) is 11.8 Å². The molecule has 0 aromatic heterocycles. The molecule has 3 rings (SSSR count). The first-order valence-corrected chi connectivity index (χ1v) is 8.85. The molecule has 1 aliphatic carbocycles. The Hall–Kier alpha value is -1.33. The number of fused-ring (bicyclic) bond motifs is 2. The number of hydrogen-bond acceptors (Lipinski definition) is 4. The average molecular weight is 319 g/mol. The Morgan fingerprint density at radius 2 is 2.14 bits per heavy atom. The highest BCUT2D eigenvalue weighted by Gasteiger charge is 2.35. The molecule has 1 saturated carbocycles. The van der Waals surface area contributed by atoms with Gasteiger partial charge in [-0.3, -0.25) is 14.8 Å². The van der Waals surface area contributed by atoms with Crippen LogP contribution in [0.2, 0.25) is 0 Å². The van der Waals surface area contributed by atoms with Crippen molar-refractivity contribution < 1.29 is 14.8 Å². The largest absolute Gasteiger partial charge is 0.294 e. The van der Waals surface area contributed by atoms with Gasteiger partial charge in [-0.2, -0.15) is 0 Å². The molecule has 1 aromatic carbocycles. The van der Waals surface area contributed by atoms with E-state index in [0.717, 1.165) is 41.0 Å². The molecular weight excluding hydrogens is 298 g/mol. The van der Waals surface area contributed by atoms with Crippen LogP contribution in [0.3, 0.4) is 0 Å². The fourth-order valence-corrected chi connectivity index (χ4v) is 4.86. The Labute approximate surface area is 134 Å². The second-order valence-electron chi connectivity index (χ2n) is 6.28. The number of hydroxylamine groups is 1. The van der Waals surface area contributed by atoms with E-state index >= 15 is 0 Å². The first-order chi connectivity index (χ1) is 10.6. The van der Waals surface area contributed by atoms with Crippen LogP contribution in [0.15, 0.2) is 23.1 Å². The fourth-order valence-electron chi connectivity index (χ4n) is 3.53. The molecule has 1 aromatic rings. The predicted octanol–water partition coefficient (Wildman–Crippen LogP) is 3.39.